The first kappa shape index (κ1) is 27.4. The number of hydrogen-bond acceptors (Lipinski definition) is 7. The zero-order valence-electron chi connectivity index (χ0n) is 20.6. The van der Waals surface area contributed by atoms with Crippen LogP contribution in [0.5, 0.6) is 0 Å². The summed E-state index contributed by atoms with van der Waals surface area (Å²) in [5.41, 5.74) is 1.22. The number of ether oxygens (including phenoxy) is 1. The van der Waals surface area contributed by atoms with E-state index in [4.69, 9.17) is 14.0 Å². The largest absolute Gasteiger partial charge is 0.494 e. The lowest BCUT2D eigenvalue weighted by Gasteiger charge is -2.39. The maximum absolute atomic E-state index is 6.26. The molecule has 10 heteroatoms. The minimum absolute atomic E-state index is 0. The van der Waals surface area contributed by atoms with Crippen LogP contribution in [0, 0.1) is 0 Å². The molecule has 1 aromatic heterocycles. The second-order valence-corrected chi connectivity index (χ2v) is 10.4. The third kappa shape index (κ3) is 5.47. The van der Waals surface area contributed by atoms with E-state index in [0.717, 1.165) is 61.3 Å². The summed E-state index contributed by atoms with van der Waals surface area (Å²) in [7, 11) is -0.388. The van der Waals surface area contributed by atoms with Crippen molar-refractivity contribution in [2.24, 2.45) is 0 Å². The Morgan fingerprint density at radius 1 is 0.941 bits per heavy atom. The van der Waals surface area contributed by atoms with Crippen molar-refractivity contribution in [1.29, 1.82) is 0 Å². The molecule has 2 aliphatic heterocycles. The summed E-state index contributed by atoms with van der Waals surface area (Å²) in [4.78, 5) is 11.7. The summed E-state index contributed by atoms with van der Waals surface area (Å²) in [6, 6.07) is 7.34. The van der Waals surface area contributed by atoms with Gasteiger partial charge in [-0.15, -0.1) is 24.8 Å². The van der Waals surface area contributed by atoms with Gasteiger partial charge in [0.05, 0.1) is 29.9 Å². The topological polar surface area (TPSA) is 68.7 Å². The molecule has 34 heavy (non-hydrogen) atoms. The molecule has 1 saturated carbocycles. The van der Waals surface area contributed by atoms with Gasteiger partial charge in [0.1, 0.15) is 12.1 Å². The van der Waals surface area contributed by atoms with Gasteiger partial charge in [-0.05, 0) is 71.0 Å². The molecule has 2 saturated heterocycles. The average Bonchev–Trinajstić information content (AvgIpc) is 3.02. The first-order valence-corrected chi connectivity index (χ1v) is 12.0. The Morgan fingerprint density at radius 2 is 1.59 bits per heavy atom. The van der Waals surface area contributed by atoms with E-state index < -0.39 is 0 Å². The van der Waals surface area contributed by atoms with Crippen LogP contribution in [0.25, 0.3) is 10.9 Å². The van der Waals surface area contributed by atoms with Crippen LogP contribution in [0.2, 0.25) is 0 Å². The molecule has 7 nitrogen and oxygen atoms in total. The fraction of sp³-hybridized carbons (Fsp3) is 0.667. The zero-order chi connectivity index (χ0) is 22.3. The summed E-state index contributed by atoms with van der Waals surface area (Å²) in [5, 5.41) is 4.74. The molecule has 0 spiro atoms. The molecule has 1 N–H and O–H groups in total. The highest BCUT2D eigenvalue weighted by molar-refractivity contribution is 6.62. The first-order chi connectivity index (χ1) is 15.3. The Hall–Kier alpha value is -1.16. The number of benzene rings is 1. The second-order valence-electron chi connectivity index (χ2n) is 10.4. The SMILES string of the molecule is CC1(C)OB(c2ccc3ncnc(NC4CCC(N5CCOCC5)CC4)c3c2)OC1(C)C.Cl.Cl. The van der Waals surface area contributed by atoms with Crippen molar-refractivity contribution in [3.05, 3.63) is 24.5 Å². The summed E-state index contributed by atoms with van der Waals surface area (Å²) < 4.78 is 18.0. The number of anilines is 1. The van der Waals surface area contributed by atoms with Gasteiger partial charge >= 0.3 is 7.12 Å². The normalized spacial score (nSPS) is 26.5. The van der Waals surface area contributed by atoms with Crippen molar-refractivity contribution in [1.82, 2.24) is 14.9 Å². The fourth-order valence-electron chi connectivity index (χ4n) is 5.04. The Morgan fingerprint density at radius 3 is 2.24 bits per heavy atom. The third-order valence-corrected chi connectivity index (χ3v) is 7.78. The minimum Gasteiger partial charge on any atom is -0.399 e. The van der Waals surface area contributed by atoms with Gasteiger partial charge in [0, 0.05) is 30.6 Å². The van der Waals surface area contributed by atoms with Gasteiger partial charge < -0.3 is 19.4 Å². The number of nitrogens with zero attached hydrogens (tertiary/aromatic N) is 3. The molecule has 0 atom stereocenters. The molecule has 3 fully saturated rings. The molecule has 3 heterocycles. The van der Waals surface area contributed by atoms with Crippen LogP contribution < -0.4 is 10.8 Å². The molecule has 1 aliphatic carbocycles. The van der Waals surface area contributed by atoms with Crippen LogP contribution >= 0.6 is 24.8 Å². The molecule has 1 aromatic carbocycles. The van der Waals surface area contributed by atoms with Crippen molar-refractivity contribution in [2.45, 2.75) is 76.7 Å². The number of rotatable bonds is 4. The monoisotopic (exact) mass is 510 g/mol. The van der Waals surface area contributed by atoms with Gasteiger partial charge in [-0.2, -0.15) is 0 Å². The molecule has 0 bridgehead atoms. The molecule has 0 radical (unpaired) electrons. The van der Waals surface area contributed by atoms with E-state index in [1.165, 1.54) is 12.8 Å². The lowest BCUT2D eigenvalue weighted by atomic mass is 9.78. The van der Waals surface area contributed by atoms with Crippen molar-refractivity contribution >= 4 is 54.1 Å². The molecule has 188 valence electrons. The van der Waals surface area contributed by atoms with Crippen molar-refractivity contribution in [2.75, 3.05) is 31.6 Å². The average molecular weight is 511 g/mol. The molecule has 0 unspecified atom stereocenters. The maximum Gasteiger partial charge on any atom is 0.494 e. The fourth-order valence-corrected chi connectivity index (χ4v) is 5.04. The molecular formula is C24H37BCl2N4O3. The number of fused-ring (bicyclic) bond motifs is 1. The van der Waals surface area contributed by atoms with Gasteiger partial charge in [0.15, 0.2) is 0 Å². The molecular weight excluding hydrogens is 474 g/mol. The van der Waals surface area contributed by atoms with Crippen LogP contribution in [0.1, 0.15) is 53.4 Å². The third-order valence-electron chi connectivity index (χ3n) is 7.78. The first-order valence-electron chi connectivity index (χ1n) is 12.0. The van der Waals surface area contributed by atoms with Gasteiger partial charge in [-0.1, -0.05) is 6.07 Å². The molecule has 5 rings (SSSR count). The number of aromatic nitrogens is 2. The number of halogens is 2. The van der Waals surface area contributed by atoms with Crippen LogP contribution in [0.4, 0.5) is 5.82 Å². The second kappa shape index (κ2) is 10.8. The van der Waals surface area contributed by atoms with E-state index in [2.05, 4.69) is 60.0 Å². The highest BCUT2D eigenvalue weighted by Gasteiger charge is 2.51. The van der Waals surface area contributed by atoms with Crippen molar-refractivity contribution in [3.63, 3.8) is 0 Å². The molecule has 2 aromatic rings. The Balaban J connectivity index is 0.00000162. The summed E-state index contributed by atoms with van der Waals surface area (Å²) in [5.74, 6) is 0.906. The van der Waals surface area contributed by atoms with E-state index >= 15 is 0 Å². The Bertz CT molecular complexity index is 950. The number of morpholine rings is 1. The summed E-state index contributed by atoms with van der Waals surface area (Å²) in [6.07, 6.45) is 6.41. The molecule has 3 aliphatic rings. The van der Waals surface area contributed by atoms with Crippen LogP contribution in [0.15, 0.2) is 24.5 Å². The standard InChI is InChI=1S/C24H35BN4O3.2ClH/c1-23(2)24(3,4)32-25(31-23)17-5-10-21-20(15-17)22(27-16-26-21)28-18-6-8-19(9-7-18)29-11-13-30-14-12-29;;/h5,10,15-16,18-19H,6-9,11-14H2,1-4H3,(H,26,27,28);2*1H. The number of hydrogen-bond donors (Lipinski definition) is 1. The van der Waals surface area contributed by atoms with Crippen molar-refractivity contribution < 1.29 is 14.0 Å². The quantitative estimate of drug-likeness (QED) is 0.627. The highest BCUT2D eigenvalue weighted by atomic mass is 35.5. The lowest BCUT2D eigenvalue weighted by Crippen LogP contribution is -2.46. The van der Waals surface area contributed by atoms with E-state index in [9.17, 15) is 0 Å². The highest BCUT2D eigenvalue weighted by Crippen LogP contribution is 2.37. The van der Waals surface area contributed by atoms with Crippen molar-refractivity contribution in [3.8, 4) is 0 Å². The van der Waals surface area contributed by atoms with Gasteiger partial charge in [-0.3, -0.25) is 4.90 Å². The van der Waals surface area contributed by atoms with Crippen LogP contribution in [0.3, 0.4) is 0 Å². The predicted octanol–water partition coefficient (Wildman–Crippen LogP) is 3.83. The Kier molecular flexibility index (Phi) is 8.75. The van der Waals surface area contributed by atoms with Gasteiger partial charge in [0.2, 0.25) is 0 Å². The summed E-state index contributed by atoms with van der Waals surface area (Å²) in [6.45, 7) is 12.2. The minimum atomic E-state index is -0.388. The van der Waals surface area contributed by atoms with Gasteiger partial charge in [-0.25, -0.2) is 9.97 Å². The van der Waals surface area contributed by atoms with Gasteiger partial charge in [0.25, 0.3) is 0 Å². The van der Waals surface area contributed by atoms with E-state index in [1.54, 1.807) is 6.33 Å². The maximum atomic E-state index is 6.26. The molecule has 0 amide bonds. The Labute approximate surface area is 215 Å². The predicted molar refractivity (Wildman–Crippen MR) is 142 cm³/mol. The zero-order valence-corrected chi connectivity index (χ0v) is 22.2. The lowest BCUT2D eigenvalue weighted by molar-refractivity contribution is 0.00578. The number of nitrogens with one attached hydrogen (secondary N) is 1. The summed E-state index contributed by atoms with van der Waals surface area (Å²) >= 11 is 0. The van der Waals surface area contributed by atoms with E-state index in [0.29, 0.717) is 12.1 Å². The van der Waals surface area contributed by atoms with Crippen LogP contribution in [-0.2, 0) is 14.0 Å². The van der Waals surface area contributed by atoms with Crippen LogP contribution in [-0.4, -0.2) is 71.6 Å². The smallest absolute Gasteiger partial charge is 0.399 e. The van der Waals surface area contributed by atoms with E-state index in [-0.39, 0.29) is 43.1 Å². The van der Waals surface area contributed by atoms with E-state index in [1.807, 2.05) is 6.07 Å².